The van der Waals surface area contributed by atoms with E-state index in [0.717, 1.165) is 19.5 Å². The van der Waals surface area contributed by atoms with Gasteiger partial charge in [-0.25, -0.2) is 13.2 Å². The van der Waals surface area contributed by atoms with Gasteiger partial charge in [-0.2, -0.15) is 0 Å². The van der Waals surface area contributed by atoms with Crippen molar-refractivity contribution in [3.63, 3.8) is 0 Å². The molecule has 1 amide bonds. The molecule has 0 spiro atoms. The van der Waals surface area contributed by atoms with Crippen LogP contribution in [0.15, 0.2) is 52.2 Å². The van der Waals surface area contributed by atoms with Crippen molar-refractivity contribution in [2.75, 3.05) is 17.8 Å². The molecule has 3 N–H and O–H groups in total. The van der Waals surface area contributed by atoms with Crippen molar-refractivity contribution in [1.82, 2.24) is 14.9 Å². The summed E-state index contributed by atoms with van der Waals surface area (Å²) in [4.78, 5) is 30.3. The third-order valence-electron chi connectivity index (χ3n) is 4.33. The molecule has 0 aliphatic carbocycles. The molecule has 3 aromatic rings. The van der Waals surface area contributed by atoms with Crippen LogP contribution in [-0.4, -0.2) is 42.3 Å². The van der Waals surface area contributed by atoms with E-state index in [2.05, 4.69) is 14.7 Å². The molecule has 1 saturated heterocycles. The van der Waals surface area contributed by atoms with Gasteiger partial charge in [0.15, 0.2) is 0 Å². The minimum Gasteiger partial charge on any atom is -0.339 e. The molecule has 134 valence electrons. The fourth-order valence-electron chi connectivity index (χ4n) is 2.78. The molecule has 2 heterocycles. The second-order valence-electron chi connectivity index (χ2n) is 6.12. The monoisotopic (exact) mass is 372 g/mol. The van der Waals surface area contributed by atoms with Crippen molar-refractivity contribution in [3.05, 3.63) is 58.5 Å². The fraction of sp³-hybridized carbons (Fsp3) is 0.176. The Hall–Kier alpha value is -3.07. The van der Waals surface area contributed by atoms with Crippen LogP contribution in [0.4, 0.5) is 5.69 Å². The molecule has 0 radical (unpaired) electrons. The number of aromatic nitrogens is 2. The van der Waals surface area contributed by atoms with Crippen molar-refractivity contribution in [2.24, 2.45) is 0 Å². The van der Waals surface area contributed by atoms with Crippen molar-refractivity contribution in [2.45, 2.75) is 11.3 Å². The van der Waals surface area contributed by atoms with Crippen LogP contribution in [0.5, 0.6) is 0 Å². The minimum atomic E-state index is -3.82. The molecule has 26 heavy (non-hydrogen) atoms. The van der Waals surface area contributed by atoms with Crippen molar-refractivity contribution in [1.29, 1.82) is 0 Å². The number of fused-ring (bicyclic) bond motifs is 1. The number of aromatic amines is 2. The number of H-pyrrole nitrogens is 2. The number of anilines is 1. The number of carbonyl (C=O) groups is 1. The summed E-state index contributed by atoms with van der Waals surface area (Å²) in [6.45, 7) is 1.52. The van der Waals surface area contributed by atoms with E-state index >= 15 is 0 Å². The lowest BCUT2D eigenvalue weighted by molar-refractivity contribution is 0.0652. The van der Waals surface area contributed by atoms with Gasteiger partial charge in [-0.3, -0.25) is 9.52 Å². The number of carbonyl (C=O) groups excluding carboxylic acids is 1. The van der Waals surface area contributed by atoms with Crippen LogP contribution < -0.4 is 10.4 Å². The van der Waals surface area contributed by atoms with Gasteiger partial charge in [0.2, 0.25) is 0 Å². The van der Waals surface area contributed by atoms with Crippen molar-refractivity contribution >= 4 is 32.7 Å². The maximum absolute atomic E-state index is 12.5. The lowest BCUT2D eigenvalue weighted by Crippen LogP contribution is -2.41. The van der Waals surface area contributed by atoms with Crippen LogP contribution in [-0.2, 0) is 10.0 Å². The van der Waals surface area contributed by atoms with Gasteiger partial charge in [-0.15, -0.1) is 0 Å². The van der Waals surface area contributed by atoms with Crippen LogP contribution in [0.25, 0.3) is 11.0 Å². The number of rotatable bonds is 4. The van der Waals surface area contributed by atoms with Crippen LogP contribution in [0.2, 0.25) is 0 Å². The highest BCUT2D eigenvalue weighted by molar-refractivity contribution is 7.92. The molecule has 4 rings (SSSR count). The van der Waals surface area contributed by atoms with Gasteiger partial charge < -0.3 is 14.9 Å². The molecular weight excluding hydrogens is 356 g/mol. The number of imidazole rings is 1. The van der Waals surface area contributed by atoms with Gasteiger partial charge in [0, 0.05) is 24.3 Å². The largest absolute Gasteiger partial charge is 0.339 e. The molecule has 1 fully saturated rings. The molecule has 1 aliphatic rings. The third-order valence-corrected chi connectivity index (χ3v) is 5.70. The van der Waals surface area contributed by atoms with Gasteiger partial charge in [-0.1, -0.05) is 0 Å². The molecule has 0 bridgehead atoms. The lowest BCUT2D eigenvalue weighted by Gasteiger charge is -2.30. The standard InChI is InChI=1S/C17H16N4O4S/c22-16(21-8-1-9-21)11-2-4-12(5-3-11)20-26(24,25)13-6-7-14-15(10-13)19-17(23)18-14/h2-7,10,20H,1,8-9H2,(H2,18,19,23). The summed E-state index contributed by atoms with van der Waals surface area (Å²) >= 11 is 0. The summed E-state index contributed by atoms with van der Waals surface area (Å²) in [7, 11) is -3.82. The Morgan fingerprint density at radius 1 is 1.00 bits per heavy atom. The number of benzene rings is 2. The van der Waals surface area contributed by atoms with Crippen LogP contribution in [0, 0.1) is 0 Å². The molecule has 1 aliphatic heterocycles. The summed E-state index contributed by atoms with van der Waals surface area (Å²) in [5.41, 5.74) is 1.42. The van der Waals surface area contributed by atoms with E-state index in [1.807, 2.05) is 0 Å². The number of nitrogens with one attached hydrogen (secondary N) is 3. The number of hydrogen-bond acceptors (Lipinski definition) is 4. The lowest BCUT2D eigenvalue weighted by atomic mass is 10.1. The number of amides is 1. The number of nitrogens with zero attached hydrogens (tertiary/aromatic N) is 1. The van der Waals surface area contributed by atoms with Gasteiger partial charge in [0.1, 0.15) is 0 Å². The Labute approximate surface area is 148 Å². The summed E-state index contributed by atoms with van der Waals surface area (Å²) in [6.07, 6.45) is 1.01. The maximum Gasteiger partial charge on any atom is 0.323 e. The maximum atomic E-state index is 12.5. The average Bonchev–Trinajstić information content (AvgIpc) is 2.92. The first kappa shape index (κ1) is 16.4. The molecule has 0 atom stereocenters. The average molecular weight is 372 g/mol. The van der Waals surface area contributed by atoms with E-state index in [4.69, 9.17) is 0 Å². The zero-order chi connectivity index (χ0) is 18.3. The molecule has 0 saturated carbocycles. The summed E-state index contributed by atoms with van der Waals surface area (Å²) in [5.74, 6) is -0.0486. The molecule has 0 unspecified atom stereocenters. The van der Waals surface area contributed by atoms with Gasteiger partial charge in [-0.05, 0) is 48.9 Å². The fourth-order valence-corrected chi connectivity index (χ4v) is 3.86. The van der Waals surface area contributed by atoms with Gasteiger partial charge in [0.25, 0.3) is 15.9 Å². The number of sulfonamides is 1. The highest BCUT2D eigenvalue weighted by Gasteiger charge is 2.21. The first-order valence-electron chi connectivity index (χ1n) is 8.07. The number of likely N-dealkylation sites (tertiary alicyclic amines) is 1. The Kier molecular flexibility index (Phi) is 3.80. The zero-order valence-corrected chi connectivity index (χ0v) is 14.5. The SMILES string of the molecule is O=C(c1ccc(NS(=O)(=O)c2ccc3[nH]c(=O)[nH]c3c2)cc1)N1CCC1. The highest BCUT2D eigenvalue weighted by Crippen LogP contribution is 2.20. The van der Waals surface area contributed by atoms with Crippen molar-refractivity contribution < 1.29 is 13.2 Å². The smallest absolute Gasteiger partial charge is 0.323 e. The summed E-state index contributed by atoms with van der Waals surface area (Å²) in [6, 6.07) is 10.6. The Bertz CT molecular complexity index is 1140. The third kappa shape index (κ3) is 2.97. The summed E-state index contributed by atoms with van der Waals surface area (Å²) < 4.78 is 27.6. The Balaban J connectivity index is 1.56. The molecular formula is C17H16N4O4S. The molecule has 1 aromatic heterocycles. The second-order valence-corrected chi connectivity index (χ2v) is 7.80. The number of hydrogen-bond donors (Lipinski definition) is 3. The van der Waals surface area contributed by atoms with Crippen LogP contribution in [0.3, 0.4) is 0 Å². The second kappa shape index (κ2) is 6.03. The highest BCUT2D eigenvalue weighted by atomic mass is 32.2. The van der Waals surface area contributed by atoms with Crippen LogP contribution in [0.1, 0.15) is 16.8 Å². The predicted molar refractivity (Wildman–Crippen MR) is 96.7 cm³/mol. The first-order valence-corrected chi connectivity index (χ1v) is 9.55. The van der Waals surface area contributed by atoms with E-state index < -0.39 is 15.7 Å². The van der Waals surface area contributed by atoms with E-state index in [0.29, 0.717) is 22.3 Å². The summed E-state index contributed by atoms with van der Waals surface area (Å²) in [5, 5.41) is 0. The predicted octanol–water partition coefficient (Wildman–Crippen LogP) is 1.50. The minimum absolute atomic E-state index is 0.0287. The Morgan fingerprint density at radius 3 is 2.35 bits per heavy atom. The first-order chi connectivity index (χ1) is 12.4. The normalized spacial score (nSPS) is 14.2. The quantitative estimate of drug-likeness (QED) is 0.644. The van der Waals surface area contributed by atoms with Gasteiger partial charge in [0.05, 0.1) is 15.9 Å². The van der Waals surface area contributed by atoms with E-state index in [-0.39, 0.29) is 10.8 Å². The van der Waals surface area contributed by atoms with E-state index in [1.54, 1.807) is 29.2 Å². The van der Waals surface area contributed by atoms with E-state index in [1.165, 1.54) is 18.2 Å². The zero-order valence-electron chi connectivity index (χ0n) is 13.7. The van der Waals surface area contributed by atoms with Crippen LogP contribution >= 0.6 is 0 Å². The molecule has 8 nitrogen and oxygen atoms in total. The van der Waals surface area contributed by atoms with E-state index in [9.17, 15) is 18.0 Å². The van der Waals surface area contributed by atoms with Gasteiger partial charge >= 0.3 is 5.69 Å². The Morgan fingerprint density at radius 2 is 1.69 bits per heavy atom. The van der Waals surface area contributed by atoms with Crippen molar-refractivity contribution in [3.8, 4) is 0 Å². The topological polar surface area (TPSA) is 115 Å². The molecule has 2 aromatic carbocycles. The molecule has 9 heteroatoms.